The number of hydrogen-bond donors (Lipinski definition) is 1. The lowest BCUT2D eigenvalue weighted by atomic mass is 10.1. The maximum absolute atomic E-state index is 11.1. The van der Waals surface area contributed by atoms with E-state index < -0.39 is 0 Å². The first-order chi connectivity index (χ1) is 6.59. The highest BCUT2D eigenvalue weighted by Crippen LogP contribution is 2.46. The fourth-order valence-corrected chi connectivity index (χ4v) is 3.06. The number of fused-ring (bicyclic) bond motifs is 1. The zero-order valence-electron chi connectivity index (χ0n) is 8.33. The van der Waals surface area contributed by atoms with E-state index in [4.69, 9.17) is 0 Å². The van der Waals surface area contributed by atoms with Gasteiger partial charge in [-0.2, -0.15) is 0 Å². The van der Waals surface area contributed by atoms with Crippen LogP contribution in [0.4, 0.5) is 5.69 Å². The molecule has 1 aliphatic heterocycles. The number of Topliss-reactive ketones (excluding diaryl/α,β-unsaturated/α-hetero) is 1. The molecule has 0 aliphatic carbocycles. The van der Waals surface area contributed by atoms with Gasteiger partial charge in [-0.1, -0.05) is 23.9 Å². The molecule has 0 saturated heterocycles. The first-order valence-corrected chi connectivity index (χ1v) is 5.46. The fourth-order valence-electron chi connectivity index (χ4n) is 1.77. The van der Waals surface area contributed by atoms with E-state index in [1.54, 1.807) is 18.7 Å². The van der Waals surface area contributed by atoms with E-state index in [9.17, 15) is 4.79 Å². The van der Waals surface area contributed by atoms with Crippen LogP contribution in [0.15, 0.2) is 29.2 Å². The van der Waals surface area contributed by atoms with Crippen LogP contribution in [-0.4, -0.2) is 10.7 Å². The van der Waals surface area contributed by atoms with Gasteiger partial charge in [-0.15, -0.1) is 0 Å². The van der Waals surface area contributed by atoms with Crippen molar-refractivity contribution in [2.45, 2.75) is 30.0 Å². The summed E-state index contributed by atoms with van der Waals surface area (Å²) in [5.41, 5.74) is 1.14. The summed E-state index contributed by atoms with van der Waals surface area (Å²) < 4.78 is 0. The lowest BCUT2D eigenvalue weighted by molar-refractivity contribution is -0.117. The molecule has 0 unspecified atom stereocenters. The van der Waals surface area contributed by atoms with Gasteiger partial charge in [-0.3, -0.25) is 4.79 Å². The first-order valence-electron chi connectivity index (χ1n) is 4.65. The molecule has 1 aromatic rings. The molecule has 2 nitrogen and oxygen atoms in total. The van der Waals surface area contributed by atoms with Crippen LogP contribution in [0.5, 0.6) is 0 Å². The Hall–Kier alpha value is -0.960. The number of carbonyl (C=O) groups is 1. The van der Waals surface area contributed by atoms with Gasteiger partial charge in [0.2, 0.25) is 0 Å². The Balaban J connectivity index is 2.21. The number of carbonyl (C=O) groups excluding carboxylic acids is 1. The number of anilines is 1. The van der Waals surface area contributed by atoms with Crippen LogP contribution >= 0.6 is 11.8 Å². The minimum Gasteiger partial charge on any atom is -0.369 e. The largest absolute Gasteiger partial charge is 0.369 e. The molecule has 0 spiro atoms. The van der Waals surface area contributed by atoms with E-state index in [-0.39, 0.29) is 10.7 Å². The molecule has 74 valence electrons. The topological polar surface area (TPSA) is 29.1 Å². The van der Waals surface area contributed by atoms with Crippen LogP contribution in [-0.2, 0) is 4.79 Å². The van der Waals surface area contributed by atoms with Crippen molar-refractivity contribution in [1.29, 1.82) is 0 Å². The molecule has 14 heavy (non-hydrogen) atoms. The van der Waals surface area contributed by atoms with Gasteiger partial charge < -0.3 is 5.32 Å². The van der Waals surface area contributed by atoms with Crippen molar-refractivity contribution < 1.29 is 4.79 Å². The molecular formula is C11H13NOS. The van der Waals surface area contributed by atoms with Gasteiger partial charge in [0.15, 0.2) is 0 Å². The monoisotopic (exact) mass is 207 g/mol. The van der Waals surface area contributed by atoms with Crippen molar-refractivity contribution in [2.24, 2.45) is 0 Å². The van der Waals surface area contributed by atoms with Gasteiger partial charge in [0.05, 0.1) is 4.87 Å². The van der Waals surface area contributed by atoms with Gasteiger partial charge in [-0.25, -0.2) is 0 Å². The van der Waals surface area contributed by atoms with Gasteiger partial charge in [0.1, 0.15) is 5.78 Å². The molecule has 3 heteroatoms. The molecule has 0 saturated carbocycles. The normalized spacial score (nSPS) is 24.1. The van der Waals surface area contributed by atoms with E-state index in [2.05, 4.69) is 18.3 Å². The van der Waals surface area contributed by atoms with Crippen LogP contribution < -0.4 is 5.32 Å². The fraction of sp³-hybridized carbons (Fsp3) is 0.364. The predicted octanol–water partition coefficient (Wildman–Crippen LogP) is 2.90. The molecule has 2 rings (SSSR count). The molecule has 0 aromatic heterocycles. The van der Waals surface area contributed by atoms with Crippen molar-refractivity contribution in [2.75, 3.05) is 5.32 Å². The standard InChI is InChI=1S/C11H13NOS/c1-8(13)7-11(2)12-9-5-3-4-6-10(9)14-11/h3-6,12H,7H2,1-2H3/t11-/m0/s1. The number of para-hydroxylation sites is 1. The number of hydrogen-bond acceptors (Lipinski definition) is 3. The third-order valence-electron chi connectivity index (χ3n) is 2.21. The van der Waals surface area contributed by atoms with Crippen LogP contribution in [0.3, 0.4) is 0 Å². The third kappa shape index (κ3) is 1.77. The summed E-state index contributed by atoms with van der Waals surface area (Å²) in [5, 5.41) is 3.38. The summed E-state index contributed by atoms with van der Waals surface area (Å²) in [7, 11) is 0. The highest BCUT2D eigenvalue weighted by atomic mass is 32.2. The molecule has 1 heterocycles. The lowest BCUT2D eigenvalue weighted by Crippen LogP contribution is -2.29. The molecule has 1 aliphatic rings. The summed E-state index contributed by atoms with van der Waals surface area (Å²) in [6.07, 6.45) is 0.562. The molecule has 1 N–H and O–H groups in total. The van der Waals surface area contributed by atoms with E-state index in [1.165, 1.54) is 4.90 Å². The van der Waals surface area contributed by atoms with E-state index >= 15 is 0 Å². The van der Waals surface area contributed by atoms with E-state index in [0.717, 1.165) is 5.69 Å². The average molecular weight is 207 g/mol. The second-order valence-electron chi connectivity index (χ2n) is 3.83. The zero-order chi connectivity index (χ0) is 10.2. The third-order valence-corrected chi connectivity index (χ3v) is 3.48. The lowest BCUT2D eigenvalue weighted by Gasteiger charge is -2.22. The Kier molecular flexibility index (Phi) is 2.27. The second kappa shape index (κ2) is 3.31. The summed E-state index contributed by atoms with van der Waals surface area (Å²) in [4.78, 5) is 12.2. The van der Waals surface area contributed by atoms with Crippen molar-refractivity contribution in [1.82, 2.24) is 0 Å². The Morgan fingerprint density at radius 1 is 1.50 bits per heavy atom. The quantitative estimate of drug-likeness (QED) is 0.808. The number of benzene rings is 1. The maximum atomic E-state index is 11.1. The highest BCUT2D eigenvalue weighted by molar-refractivity contribution is 8.01. The minimum absolute atomic E-state index is 0.157. The summed E-state index contributed by atoms with van der Waals surface area (Å²) in [6, 6.07) is 8.16. The average Bonchev–Trinajstić information content (AvgIpc) is 2.38. The Bertz CT molecular complexity index is 350. The van der Waals surface area contributed by atoms with Gasteiger partial charge in [0, 0.05) is 17.0 Å². The molecular weight excluding hydrogens is 194 g/mol. The summed E-state index contributed by atoms with van der Waals surface area (Å²) in [5.74, 6) is 0.223. The minimum atomic E-state index is -0.157. The first kappa shape index (κ1) is 9.59. The molecule has 0 bridgehead atoms. The Labute approximate surface area is 88.1 Å². The SMILES string of the molecule is CC(=O)C[C@@]1(C)Nc2ccccc2S1. The number of ketones is 1. The predicted molar refractivity (Wildman–Crippen MR) is 59.6 cm³/mol. The zero-order valence-corrected chi connectivity index (χ0v) is 9.15. The number of thioether (sulfide) groups is 1. The Morgan fingerprint density at radius 3 is 2.86 bits per heavy atom. The van der Waals surface area contributed by atoms with Crippen LogP contribution in [0.2, 0.25) is 0 Å². The van der Waals surface area contributed by atoms with Crippen molar-refractivity contribution in [3.8, 4) is 0 Å². The smallest absolute Gasteiger partial charge is 0.133 e. The molecule has 0 amide bonds. The van der Waals surface area contributed by atoms with Crippen molar-refractivity contribution >= 4 is 23.2 Å². The second-order valence-corrected chi connectivity index (χ2v) is 5.38. The number of rotatable bonds is 2. The van der Waals surface area contributed by atoms with E-state index in [1.807, 2.05) is 18.2 Å². The molecule has 0 radical (unpaired) electrons. The maximum Gasteiger partial charge on any atom is 0.133 e. The molecule has 1 aromatic carbocycles. The van der Waals surface area contributed by atoms with Crippen molar-refractivity contribution in [3.63, 3.8) is 0 Å². The van der Waals surface area contributed by atoms with Crippen LogP contribution in [0.25, 0.3) is 0 Å². The van der Waals surface area contributed by atoms with Gasteiger partial charge in [0.25, 0.3) is 0 Å². The van der Waals surface area contributed by atoms with Gasteiger partial charge in [-0.05, 0) is 26.0 Å². The van der Waals surface area contributed by atoms with Crippen LogP contribution in [0, 0.1) is 0 Å². The summed E-state index contributed by atoms with van der Waals surface area (Å²) in [6.45, 7) is 3.70. The van der Waals surface area contributed by atoms with Gasteiger partial charge >= 0.3 is 0 Å². The van der Waals surface area contributed by atoms with E-state index in [0.29, 0.717) is 6.42 Å². The van der Waals surface area contributed by atoms with Crippen LogP contribution in [0.1, 0.15) is 20.3 Å². The number of nitrogens with one attached hydrogen (secondary N) is 1. The molecule has 1 atom stereocenters. The Morgan fingerprint density at radius 2 is 2.21 bits per heavy atom. The molecule has 0 fully saturated rings. The summed E-state index contributed by atoms with van der Waals surface area (Å²) >= 11 is 1.73. The highest BCUT2D eigenvalue weighted by Gasteiger charge is 2.33. The van der Waals surface area contributed by atoms with Crippen molar-refractivity contribution in [3.05, 3.63) is 24.3 Å².